The Morgan fingerprint density at radius 3 is 2.12 bits per heavy atom. The number of nitrogens with two attached hydrogens (primary N) is 1. The number of amides is 2. The molecule has 1 saturated heterocycles. The minimum absolute atomic E-state index is 0.0943. The van der Waals surface area contributed by atoms with Crippen LogP contribution in [0.25, 0.3) is 0 Å². The van der Waals surface area contributed by atoms with Crippen molar-refractivity contribution in [3.8, 4) is 0 Å². The van der Waals surface area contributed by atoms with Crippen LogP contribution >= 0.6 is 0 Å². The van der Waals surface area contributed by atoms with Crippen LogP contribution in [0.2, 0.25) is 0 Å². The summed E-state index contributed by atoms with van der Waals surface area (Å²) in [5, 5.41) is 0. The van der Waals surface area contributed by atoms with Crippen molar-refractivity contribution in [3.63, 3.8) is 0 Å². The standard InChI is InChI=1S/C19H21N3O2/c1-14-4-2-3-5-17(14)19(24)22-12-10-21(11-13-22)16-8-6-15(7-9-16)18(20)23/h2-9H,10-13H2,1H3,(H2,20,23). The molecule has 1 fully saturated rings. The molecule has 5 heteroatoms. The largest absolute Gasteiger partial charge is 0.368 e. The summed E-state index contributed by atoms with van der Waals surface area (Å²) in [6.07, 6.45) is 0. The minimum atomic E-state index is -0.421. The van der Waals surface area contributed by atoms with E-state index in [0.29, 0.717) is 18.7 Å². The van der Waals surface area contributed by atoms with Crippen molar-refractivity contribution in [1.29, 1.82) is 0 Å². The van der Waals surface area contributed by atoms with Gasteiger partial charge in [-0.05, 0) is 42.8 Å². The third kappa shape index (κ3) is 3.25. The molecule has 1 aliphatic rings. The normalized spacial score (nSPS) is 14.5. The maximum atomic E-state index is 12.6. The molecule has 0 spiro atoms. The van der Waals surface area contributed by atoms with Gasteiger partial charge in [0.05, 0.1) is 0 Å². The van der Waals surface area contributed by atoms with Gasteiger partial charge in [-0.2, -0.15) is 0 Å². The van der Waals surface area contributed by atoms with Gasteiger partial charge in [0.2, 0.25) is 5.91 Å². The highest BCUT2D eigenvalue weighted by molar-refractivity contribution is 5.96. The average Bonchev–Trinajstić information content (AvgIpc) is 2.62. The lowest BCUT2D eigenvalue weighted by atomic mass is 10.1. The van der Waals surface area contributed by atoms with E-state index in [1.807, 2.05) is 48.2 Å². The Labute approximate surface area is 141 Å². The van der Waals surface area contributed by atoms with E-state index in [2.05, 4.69) is 4.90 Å². The van der Waals surface area contributed by atoms with Crippen LogP contribution in [-0.4, -0.2) is 42.9 Å². The Morgan fingerprint density at radius 2 is 1.54 bits per heavy atom. The fourth-order valence-electron chi connectivity index (χ4n) is 2.99. The van der Waals surface area contributed by atoms with E-state index in [1.165, 1.54) is 0 Å². The Kier molecular flexibility index (Phi) is 4.51. The number of hydrogen-bond donors (Lipinski definition) is 1. The third-order valence-corrected chi connectivity index (χ3v) is 4.46. The number of carbonyl (C=O) groups excluding carboxylic acids is 2. The number of carbonyl (C=O) groups is 2. The number of aryl methyl sites for hydroxylation is 1. The molecule has 24 heavy (non-hydrogen) atoms. The molecule has 1 heterocycles. The molecule has 0 saturated carbocycles. The van der Waals surface area contributed by atoms with Crippen LogP contribution in [0.5, 0.6) is 0 Å². The fourth-order valence-corrected chi connectivity index (χ4v) is 2.99. The lowest BCUT2D eigenvalue weighted by molar-refractivity contribution is 0.0746. The second kappa shape index (κ2) is 6.74. The van der Waals surface area contributed by atoms with Crippen LogP contribution in [0.4, 0.5) is 5.69 Å². The van der Waals surface area contributed by atoms with E-state index in [0.717, 1.165) is 29.9 Å². The van der Waals surface area contributed by atoms with Gasteiger partial charge < -0.3 is 15.5 Å². The molecule has 0 bridgehead atoms. The highest BCUT2D eigenvalue weighted by Gasteiger charge is 2.23. The molecule has 0 atom stereocenters. The smallest absolute Gasteiger partial charge is 0.254 e. The van der Waals surface area contributed by atoms with E-state index in [1.54, 1.807) is 12.1 Å². The van der Waals surface area contributed by atoms with Crippen LogP contribution in [0.1, 0.15) is 26.3 Å². The first-order chi connectivity index (χ1) is 11.6. The summed E-state index contributed by atoms with van der Waals surface area (Å²) in [6, 6.07) is 15.0. The first-order valence-electron chi connectivity index (χ1n) is 8.06. The van der Waals surface area contributed by atoms with E-state index in [-0.39, 0.29) is 5.91 Å². The molecule has 124 valence electrons. The summed E-state index contributed by atoms with van der Waals surface area (Å²) >= 11 is 0. The summed E-state index contributed by atoms with van der Waals surface area (Å²) in [4.78, 5) is 27.9. The van der Waals surface area contributed by atoms with Gasteiger partial charge in [0, 0.05) is 43.0 Å². The molecule has 2 aromatic rings. The van der Waals surface area contributed by atoms with Crippen molar-refractivity contribution < 1.29 is 9.59 Å². The van der Waals surface area contributed by atoms with Gasteiger partial charge in [0.15, 0.2) is 0 Å². The Hall–Kier alpha value is -2.82. The molecule has 0 aromatic heterocycles. The van der Waals surface area contributed by atoms with Crippen LogP contribution in [-0.2, 0) is 0 Å². The van der Waals surface area contributed by atoms with Crippen molar-refractivity contribution >= 4 is 17.5 Å². The van der Waals surface area contributed by atoms with Gasteiger partial charge in [-0.3, -0.25) is 9.59 Å². The first kappa shape index (κ1) is 16.1. The van der Waals surface area contributed by atoms with Crippen LogP contribution < -0.4 is 10.6 Å². The maximum absolute atomic E-state index is 12.6. The number of piperazine rings is 1. The topological polar surface area (TPSA) is 66.6 Å². The predicted molar refractivity (Wildman–Crippen MR) is 94.3 cm³/mol. The lowest BCUT2D eigenvalue weighted by Crippen LogP contribution is -2.48. The SMILES string of the molecule is Cc1ccccc1C(=O)N1CCN(c2ccc(C(N)=O)cc2)CC1. The molecule has 0 unspecified atom stereocenters. The predicted octanol–water partition coefficient (Wildman–Crippen LogP) is 2.06. The highest BCUT2D eigenvalue weighted by Crippen LogP contribution is 2.19. The molecule has 2 N–H and O–H groups in total. The van der Waals surface area contributed by atoms with Crippen molar-refractivity contribution in [2.24, 2.45) is 5.73 Å². The molecule has 3 rings (SSSR count). The van der Waals surface area contributed by atoms with Gasteiger partial charge in [-0.15, -0.1) is 0 Å². The number of anilines is 1. The molecular weight excluding hydrogens is 302 g/mol. The van der Waals surface area contributed by atoms with Crippen LogP contribution in [0.15, 0.2) is 48.5 Å². The highest BCUT2D eigenvalue weighted by atomic mass is 16.2. The van der Waals surface area contributed by atoms with Crippen LogP contribution in [0, 0.1) is 6.92 Å². The van der Waals surface area contributed by atoms with E-state index >= 15 is 0 Å². The number of primary amides is 1. The second-order valence-corrected chi connectivity index (χ2v) is 6.01. The fraction of sp³-hybridized carbons (Fsp3) is 0.263. The zero-order valence-electron chi connectivity index (χ0n) is 13.7. The molecule has 2 amide bonds. The van der Waals surface area contributed by atoms with E-state index in [9.17, 15) is 9.59 Å². The molecule has 1 aliphatic heterocycles. The lowest BCUT2D eigenvalue weighted by Gasteiger charge is -2.36. The van der Waals surface area contributed by atoms with Gasteiger partial charge in [-0.25, -0.2) is 0 Å². The maximum Gasteiger partial charge on any atom is 0.254 e. The van der Waals surface area contributed by atoms with Gasteiger partial charge >= 0.3 is 0 Å². The molecule has 5 nitrogen and oxygen atoms in total. The van der Waals surface area contributed by atoms with Gasteiger partial charge in [-0.1, -0.05) is 18.2 Å². The monoisotopic (exact) mass is 323 g/mol. The third-order valence-electron chi connectivity index (χ3n) is 4.46. The second-order valence-electron chi connectivity index (χ2n) is 6.01. The molecule has 2 aromatic carbocycles. The average molecular weight is 323 g/mol. The van der Waals surface area contributed by atoms with Crippen molar-refractivity contribution in [3.05, 3.63) is 65.2 Å². The molecule has 0 aliphatic carbocycles. The molecular formula is C19H21N3O2. The summed E-state index contributed by atoms with van der Waals surface area (Å²) in [6.45, 7) is 4.88. The zero-order valence-corrected chi connectivity index (χ0v) is 13.7. The van der Waals surface area contributed by atoms with Crippen LogP contribution in [0.3, 0.4) is 0 Å². The van der Waals surface area contributed by atoms with E-state index < -0.39 is 5.91 Å². The number of benzene rings is 2. The van der Waals surface area contributed by atoms with Crippen molar-refractivity contribution in [2.45, 2.75) is 6.92 Å². The minimum Gasteiger partial charge on any atom is -0.368 e. The Balaban J connectivity index is 1.64. The Bertz CT molecular complexity index is 747. The summed E-state index contributed by atoms with van der Waals surface area (Å²) in [5.74, 6) is -0.327. The van der Waals surface area contributed by atoms with Crippen molar-refractivity contribution in [2.75, 3.05) is 31.1 Å². The van der Waals surface area contributed by atoms with Crippen molar-refractivity contribution in [1.82, 2.24) is 4.90 Å². The summed E-state index contributed by atoms with van der Waals surface area (Å²) < 4.78 is 0. The number of nitrogens with zero attached hydrogens (tertiary/aromatic N) is 2. The number of rotatable bonds is 3. The summed E-state index contributed by atoms with van der Waals surface area (Å²) in [5.41, 5.74) is 8.60. The number of hydrogen-bond acceptors (Lipinski definition) is 3. The quantitative estimate of drug-likeness (QED) is 0.940. The van der Waals surface area contributed by atoms with E-state index in [4.69, 9.17) is 5.73 Å². The van der Waals surface area contributed by atoms with Gasteiger partial charge in [0.1, 0.15) is 0 Å². The molecule has 0 radical (unpaired) electrons. The van der Waals surface area contributed by atoms with Gasteiger partial charge in [0.25, 0.3) is 5.91 Å². The zero-order chi connectivity index (χ0) is 17.1. The Morgan fingerprint density at radius 1 is 0.917 bits per heavy atom. The first-order valence-corrected chi connectivity index (χ1v) is 8.06. The summed E-state index contributed by atoms with van der Waals surface area (Å²) in [7, 11) is 0.